The van der Waals surface area contributed by atoms with Crippen molar-refractivity contribution in [2.75, 3.05) is 19.0 Å². The van der Waals surface area contributed by atoms with E-state index in [1.807, 2.05) is 6.07 Å². The fraction of sp³-hybridized carbons (Fsp3) is 0.250. The Morgan fingerprint density at radius 1 is 1.18 bits per heavy atom. The van der Waals surface area contributed by atoms with E-state index >= 15 is 0 Å². The molecule has 2 N–H and O–H groups in total. The van der Waals surface area contributed by atoms with Crippen molar-refractivity contribution >= 4 is 35.4 Å². The van der Waals surface area contributed by atoms with Crippen LogP contribution < -0.4 is 20.1 Å². The second-order valence-corrected chi connectivity index (χ2v) is 8.09. The Morgan fingerprint density at radius 2 is 2.03 bits per heavy atom. The van der Waals surface area contributed by atoms with Gasteiger partial charge in [-0.15, -0.1) is 0 Å². The van der Waals surface area contributed by atoms with Gasteiger partial charge in [0.15, 0.2) is 0 Å². The van der Waals surface area contributed by atoms with Crippen LogP contribution in [-0.4, -0.2) is 48.3 Å². The largest absolute Gasteiger partial charge is 0.497 e. The number of carbonyl (C=O) groups excluding carboxylic acids is 4. The summed E-state index contributed by atoms with van der Waals surface area (Å²) >= 11 is 0. The number of benzene rings is 2. The van der Waals surface area contributed by atoms with Crippen LogP contribution in [0, 0.1) is 0 Å². The zero-order chi connectivity index (χ0) is 23.1. The lowest BCUT2D eigenvalue weighted by Crippen LogP contribution is -2.52. The Kier molecular flexibility index (Phi) is 5.08. The number of fused-ring (bicyclic) bond motifs is 2. The molecular formula is C24H21N3O6. The Bertz CT molecular complexity index is 1230. The molecule has 3 heterocycles. The van der Waals surface area contributed by atoms with Gasteiger partial charge in [-0.2, -0.15) is 0 Å². The van der Waals surface area contributed by atoms with Crippen molar-refractivity contribution in [2.24, 2.45) is 0 Å². The molecule has 4 amide bonds. The van der Waals surface area contributed by atoms with Crippen molar-refractivity contribution in [3.8, 4) is 11.5 Å². The summed E-state index contributed by atoms with van der Waals surface area (Å²) < 4.78 is 10.9. The number of hydrogen-bond donors (Lipinski definition) is 2. The number of rotatable bonds is 4. The molecule has 3 aliphatic rings. The van der Waals surface area contributed by atoms with Gasteiger partial charge in [-0.05, 0) is 48.4 Å². The van der Waals surface area contributed by atoms with Gasteiger partial charge in [0.25, 0.3) is 11.8 Å². The van der Waals surface area contributed by atoms with Gasteiger partial charge < -0.3 is 19.7 Å². The van der Waals surface area contributed by atoms with Crippen LogP contribution in [0.5, 0.6) is 11.5 Å². The minimum atomic E-state index is -0.677. The van der Waals surface area contributed by atoms with Gasteiger partial charge in [0.05, 0.1) is 12.7 Å². The van der Waals surface area contributed by atoms with Crippen molar-refractivity contribution < 1.29 is 28.7 Å². The predicted octanol–water partition coefficient (Wildman–Crippen LogP) is 1.87. The van der Waals surface area contributed by atoms with E-state index in [4.69, 9.17) is 9.47 Å². The lowest BCUT2D eigenvalue weighted by atomic mass is 10.0. The molecule has 1 fully saturated rings. The van der Waals surface area contributed by atoms with Crippen molar-refractivity contribution in [2.45, 2.75) is 25.4 Å². The van der Waals surface area contributed by atoms with Gasteiger partial charge in [-0.1, -0.05) is 0 Å². The van der Waals surface area contributed by atoms with Gasteiger partial charge in [0.1, 0.15) is 24.1 Å². The van der Waals surface area contributed by atoms with Gasteiger partial charge in [-0.25, -0.2) is 0 Å². The first-order chi connectivity index (χ1) is 15.9. The quantitative estimate of drug-likeness (QED) is 0.692. The summed E-state index contributed by atoms with van der Waals surface area (Å²) in [4.78, 5) is 50.7. The highest BCUT2D eigenvalue weighted by molar-refractivity contribution is 6.08. The molecule has 0 aliphatic carbocycles. The summed E-state index contributed by atoms with van der Waals surface area (Å²) in [5.41, 5.74) is 2.99. The lowest BCUT2D eigenvalue weighted by molar-refractivity contribution is -0.136. The van der Waals surface area contributed by atoms with Crippen molar-refractivity contribution in [1.29, 1.82) is 0 Å². The highest BCUT2D eigenvalue weighted by atomic mass is 16.5. The van der Waals surface area contributed by atoms with E-state index in [-0.39, 0.29) is 37.3 Å². The minimum Gasteiger partial charge on any atom is -0.497 e. The van der Waals surface area contributed by atoms with Crippen LogP contribution in [0.3, 0.4) is 0 Å². The SMILES string of the molecule is COc1ccc2c(c1)OCC(C(=O)Nc1ccc3c(c1)CN(C1CCC(=O)NC1=O)C3=O)=C2. The Labute approximate surface area is 189 Å². The summed E-state index contributed by atoms with van der Waals surface area (Å²) in [5, 5.41) is 5.14. The number of amides is 4. The van der Waals surface area contributed by atoms with E-state index in [9.17, 15) is 19.2 Å². The molecule has 2 aromatic carbocycles. The summed E-state index contributed by atoms with van der Waals surface area (Å²) in [5.74, 6) is -0.0172. The molecule has 0 spiro atoms. The molecule has 0 radical (unpaired) electrons. The van der Waals surface area contributed by atoms with E-state index in [2.05, 4.69) is 10.6 Å². The molecule has 3 aliphatic heterocycles. The van der Waals surface area contributed by atoms with Crippen LogP contribution in [0.1, 0.15) is 34.3 Å². The molecule has 0 aromatic heterocycles. The number of piperidine rings is 1. The average Bonchev–Trinajstić information content (AvgIpc) is 3.13. The molecule has 9 nitrogen and oxygen atoms in total. The minimum absolute atomic E-state index is 0.124. The fourth-order valence-corrected chi connectivity index (χ4v) is 4.27. The normalized spacial score (nSPS) is 19.2. The number of carbonyl (C=O) groups is 4. The maximum Gasteiger partial charge on any atom is 0.255 e. The second-order valence-electron chi connectivity index (χ2n) is 8.09. The number of nitrogens with one attached hydrogen (secondary N) is 2. The first-order valence-electron chi connectivity index (χ1n) is 10.5. The summed E-state index contributed by atoms with van der Waals surface area (Å²) in [6, 6.07) is 9.75. The third-order valence-corrected chi connectivity index (χ3v) is 6.01. The molecule has 1 atom stereocenters. The zero-order valence-electron chi connectivity index (χ0n) is 17.8. The van der Waals surface area contributed by atoms with Crippen LogP contribution in [0.25, 0.3) is 6.08 Å². The van der Waals surface area contributed by atoms with Crippen molar-refractivity contribution in [1.82, 2.24) is 10.2 Å². The smallest absolute Gasteiger partial charge is 0.255 e. The van der Waals surface area contributed by atoms with E-state index in [1.54, 1.807) is 43.5 Å². The van der Waals surface area contributed by atoms with Crippen molar-refractivity contribution in [3.63, 3.8) is 0 Å². The molecule has 1 saturated heterocycles. The van der Waals surface area contributed by atoms with Gasteiger partial charge in [0.2, 0.25) is 11.8 Å². The average molecular weight is 447 g/mol. The molecule has 168 valence electrons. The first kappa shape index (κ1) is 20.7. The van der Waals surface area contributed by atoms with Crippen LogP contribution >= 0.6 is 0 Å². The number of nitrogens with zero attached hydrogens (tertiary/aromatic N) is 1. The van der Waals surface area contributed by atoms with Crippen LogP contribution in [-0.2, 0) is 20.9 Å². The van der Waals surface area contributed by atoms with E-state index in [1.165, 1.54) is 4.90 Å². The summed E-state index contributed by atoms with van der Waals surface area (Å²) in [6.45, 7) is 0.365. The van der Waals surface area contributed by atoms with Gasteiger partial charge >= 0.3 is 0 Å². The Morgan fingerprint density at radius 3 is 2.82 bits per heavy atom. The summed E-state index contributed by atoms with van der Waals surface area (Å²) in [7, 11) is 1.58. The third kappa shape index (κ3) is 3.82. The standard InChI is InChI=1S/C24H21N3O6/c1-32-17-4-2-13-8-15(12-33-20(13)10-17)22(29)25-16-3-5-18-14(9-16)11-27(24(18)31)19-6-7-21(28)26-23(19)30/h2-5,8-10,19H,6-7,11-12H2,1H3,(H,25,29)(H,26,28,30). The first-order valence-corrected chi connectivity index (χ1v) is 10.5. The van der Waals surface area contributed by atoms with Gasteiger partial charge in [0, 0.05) is 35.8 Å². The highest BCUT2D eigenvalue weighted by Gasteiger charge is 2.39. The molecule has 33 heavy (non-hydrogen) atoms. The molecule has 1 unspecified atom stereocenters. The van der Waals surface area contributed by atoms with E-state index in [0.29, 0.717) is 40.3 Å². The van der Waals surface area contributed by atoms with E-state index in [0.717, 1.165) is 5.56 Å². The lowest BCUT2D eigenvalue weighted by Gasteiger charge is -2.29. The molecule has 0 saturated carbocycles. The highest BCUT2D eigenvalue weighted by Crippen LogP contribution is 2.32. The molecule has 0 bridgehead atoms. The summed E-state index contributed by atoms with van der Waals surface area (Å²) in [6.07, 6.45) is 2.27. The maximum absolute atomic E-state index is 12.8. The van der Waals surface area contributed by atoms with Gasteiger partial charge in [-0.3, -0.25) is 24.5 Å². The zero-order valence-corrected chi connectivity index (χ0v) is 17.8. The monoisotopic (exact) mass is 447 g/mol. The predicted molar refractivity (Wildman–Crippen MR) is 118 cm³/mol. The Hall–Kier alpha value is -4.14. The van der Waals surface area contributed by atoms with E-state index < -0.39 is 11.9 Å². The number of imide groups is 1. The molecule has 2 aromatic rings. The van der Waals surface area contributed by atoms with Crippen molar-refractivity contribution in [3.05, 3.63) is 58.7 Å². The van der Waals surface area contributed by atoms with Crippen LogP contribution in [0.2, 0.25) is 0 Å². The maximum atomic E-state index is 12.8. The number of methoxy groups -OCH3 is 1. The molecule has 5 rings (SSSR count). The third-order valence-electron chi connectivity index (χ3n) is 6.01. The van der Waals surface area contributed by atoms with Crippen LogP contribution in [0.15, 0.2) is 42.0 Å². The number of ether oxygens (including phenoxy) is 2. The molecular weight excluding hydrogens is 426 g/mol. The van der Waals surface area contributed by atoms with Crippen LogP contribution in [0.4, 0.5) is 5.69 Å². The molecule has 9 heteroatoms. The second kappa shape index (κ2) is 8.09. The Balaban J connectivity index is 1.30. The topological polar surface area (TPSA) is 114 Å². The fourth-order valence-electron chi connectivity index (χ4n) is 4.27. The number of hydrogen-bond acceptors (Lipinski definition) is 6. The number of anilines is 1.